The zero-order chi connectivity index (χ0) is 12.2. The van der Waals surface area contributed by atoms with E-state index in [1.807, 2.05) is 18.2 Å². The molecule has 0 saturated heterocycles. The van der Waals surface area contributed by atoms with Crippen LogP contribution in [0.25, 0.3) is 0 Å². The van der Waals surface area contributed by atoms with Crippen molar-refractivity contribution in [2.75, 3.05) is 0 Å². The average molecular weight is 220 g/mol. The Kier molecular flexibility index (Phi) is 4.07. The number of nitrogens with two attached hydrogens (primary N) is 2. The van der Waals surface area contributed by atoms with Crippen LogP contribution in [0.2, 0.25) is 0 Å². The van der Waals surface area contributed by atoms with E-state index in [4.69, 9.17) is 11.5 Å². The molecule has 0 spiro atoms. The maximum atomic E-state index is 10.8. The lowest BCUT2D eigenvalue weighted by Crippen LogP contribution is -2.34. The van der Waals surface area contributed by atoms with E-state index in [1.54, 1.807) is 0 Å². The summed E-state index contributed by atoms with van der Waals surface area (Å²) in [6.07, 6.45) is 0.996. The Balaban J connectivity index is 2.68. The molecule has 1 amide bonds. The molecule has 1 atom stereocenters. The maximum absolute atomic E-state index is 10.8. The second-order valence-electron chi connectivity index (χ2n) is 4.88. The van der Waals surface area contributed by atoms with Crippen molar-refractivity contribution in [2.45, 2.75) is 38.1 Å². The highest BCUT2D eigenvalue weighted by Crippen LogP contribution is 2.28. The molecule has 0 radical (unpaired) electrons. The fourth-order valence-electron chi connectivity index (χ4n) is 1.99. The van der Waals surface area contributed by atoms with Gasteiger partial charge in [-0.15, -0.1) is 0 Å². The Morgan fingerprint density at radius 1 is 1.31 bits per heavy atom. The van der Waals surface area contributed by atoms with Crippen molar-refractivity contribution in [3.05, 3.63) is 35.9 Å². The van der Waals surface area contributed by atoms with Crippen LogP contribution in [0.4, 0.5) is 0 Å². The standard InChI is InChI=1S/C13H20N2O/c1-13(2,9-11(14)8-12(15)16)10-6-4-3-5-7-10/h3-7,11H,8-9,14H2,1-2H3,(H2,15,16). The lowest BCUT2D eigenvalue weighted by atomic mass is 9.79. The first-order chi connectivity index (χ1) is 7.42. The summed E-state index contributed by atoms with van der Waals surface area (Å²) < 4.78 is 0. The number of benzene rings is 1. The van der Waals surface area contributed by atoms with Gasteiger partial charge in [0.1, 0.15) is 0 Å². The van der Waals surface area contributed by atoms with Crippen LogP contribution >= 0.6 is 0 Å². The molecule has 0 aliphatic carbocycles. The normalized spacial score (nSPS) is 13.4. The van der Waals surface area contributed by atoms with Gasteiger partial charge < -0.3 is 11.5 Å². The minimum absolute atomic E-state index is 0.0316. The number of amides is 1. The summed E-state index contributed by atoms with van der Waals surface area (Å²) in [7, 11) is 0. The average Bonchev–Trinajstić information content (AvgIpc) is 2.16. The smallest absolute Gasteiger partial charge is 0.218 e. The highest BCUT2D eigenvalue weighted by molar-refractivity contribution is 5.74. The third-order valence-corrected chi connectivity index (χ3v) is 2.79. The van der Waals surface area contributed by atoms with Gasteiger partial charge in [-0.25, -0.2) is 0 Å². The molecule has 1 unspecified atom stereocenters. The summed E-state index contributed by atoms with van der Waals surface area (Å²) in [5, 5.41) is 0. The summed E-state index contributed by atoms with van der Waals surface area (Å²) in [6, 6.07) is 10.00. The van der Waals surface area contributed by atoms with Crippen LogP contribution in [0.15, 0.2) is 30.3 Å². The lowest BCUT2D eigenvalue weighted by molar-refractivity contribution is -0.118. The highest BCUT2D eigenvalue weighted by Gasteiger charge is 2.24. The van der Waals surface area contributed by atoms with Crippen LogP contribution in [0, 0.1) is 0 Å². The van der Waals surface area contributed by atoms with E-state index in [-0.39, 0.29) is 23.8 Å². The molecule has 0 saturated carbocycles. The largest absolute Gasteiger partial charge is 0.370 e. The molecule has 1 rings (SSSR count). The van der Waals surface area contributed by atoms with Crippen LogP contribution in [0.1, 0.15) is 32.3 Å². The molecular formula is C13H20N2O. The summed E-state index contributed by atoms with van der Waals surface area (Å²) in [5.41, 5.74) is 12.2. The van der Waals surface area contributed by atoms with Gasteiger partial charge in [0.2, 0.25) is 5.91 Å². The molecular weight excluding hydrogens is 200 g/mol. The van der Waals surface area contributed by atoms with E-state index in [0.29, 0.717) is 0 Å². The van der Waals surface area contributed by atoms with Crippen molar-refractivity contribution in [1.82, 2.24) is 0 Å². The van der Waals surface area contributed by atoms with Crippen LogP contribution in [-0.4, -0.2) is 11.9 Å². The number of hydrogen-bond acceptors (Lipinski definition) is 2. The van der Waals surface area contributed by atoms with Crippen molar-refractivity contribution < 1.29 is 4.79 Å². The van der Waals surface area contributed by atoms with Gasteiger partial charge in [-0.1, -0.05) is 44.2 Å². The van der Waals surface area contributed by atoms with E-state index in [2.05, 4.69) is 26.0 Å². The summed E-state index contributed by atoms with van der Waals surface area (Å²) in [6.45, 7) is 4.26. The van der Waals surface area contributed by atoms with E-state index >= 15 is 0 Å². The van der Waals surface area contributed by atoms with Crippen molar-refractivity contribution >= 4 is 5.91 Å². The molecule has 0 aliphatic heterocycles. The minimum atomic E-state index is -0.337. The number of hydrogen-bond donors (Lipinski definition) is 2. The third kappa shape index (κ3) is 3.66. The summed E-state index contributed by atoms with van der Waals surface area (Å²) in [5.74, 6) is -0.337. The molecule has 3 heteroatoms. The monoisotopic (exact) mass is 220 g/mol. The van der Waals surface area contributed by atoms with Crippen LogP contribution < -0.4 is 11.5 Å². The minimum Gasteiger partial charge on any atom is -0.370 e. The summed E-state index contributed by atoms with van der Waals surface area (Å²) in [4.78, 5) is 10.8. The van der Waals surface area contributed by atoms with E-state index in [1.165, 1.54) is 5.56 Å². The fraction of sp³-hybridized carbons (Fsp3) is 0.462. The Morgan fingerprint density at radius 2 is 1.88 bits per heavy atom. The molecule has 4 N–H and O–H groups in total. The molecule has 0 aliphatic rings. The zero-order valence-corrected chi connectivity index (χ0v) is 9.94. The molecule has 0 heterocycles. The van der Waals surface area contributed by atoms with Crippen molar-refractivity contribution in [2.24, 2.45) is 11.5 Å². The van der Waals surface area contributed by atoms with Crippen LogP contribution in [-0.2, 0) is 10.2 Å². The van der Waals surface area contributed by atoms with Gasteiger partial charge in [0.05, 0.1) is 0 Å². The van der Waals surface area contributed by atoms with Gasteiger partial charge in [0.15, 0.2) is 0 Å². The Morgan fingerprint density at radius 3 is 2.38 bits per heavy atom. The molecule has 88 valence electrons. The van der Waals surface area contributed by atoms with Crippen molar-refractivity contribution in [3.8, 4) is 0 Å². The second kappa shape index (κ2) is 5.12. The van der Waals surface area contributed by atoms with Crippen LogP contribution in [0.5, 0.6) is 0 Å². The number of carbonyl (C=O) groups is 1. The Bertz CT molecular complexity index is 346. The molecule has 1 aromatic rings. The Labute approximate surface area is 96.8 Å². The Hall–Kier alpha value is -1.35. The maximum Gasteiger partial charge on any atom is 0.218 e. The second-order valence-corrected chi connectivity index (χ2v) is 4.88. The molecule has 1 aromatic carbocycles. The van der Waals surface area contributed by atoms with E-state index < -0.39 is 0 Å². The van der Waals surface area contributed by atoms with Gasteiger partial charge in [-0.2, -0.15) is 0 Å². The first kappa shape index (κ1) is 12.7. The predicted octanol–water partition coefficient (Wildman–Crippen LogP) is 1.56. The molecule has 0 fully saturated rings. The predicted molar refractivity (Wildman–Crippen MR) is 65.9 cm³/mol. The number of carbonyl (C=O) groups excluding carboxylic acids is 1. The SMILES string of the molecule is CC(C)(CC(N)CC(N)=O)c1ccccc1. The lowest BCUT2D eigenvalue weighted by Gasteiger charge is -2.28. The van der Waals surface area contributed by atoms with E-state index in [9.17, 15) is 4.79 Å². The van der Waals surface area contributed by atoms with Gasteiger partial charge >= 0.3 is 0 Å². The molecule has 3 nitrogen and oxygen atoms in total. The summed E-state index contributed by atoms with van der Waals surface area (Å²) >= 11 is 0. The van der Waals surface area contributed by atoms with Crippen LogP contribution in [0.3, 0.4) is 0 Å². The fourth-order valence-corrected chi connectivity index (χ4v) is 1.99. The van der Waals surface area contributed by atoms with Gasteiger partial charge in [0, 0.05) is 12.5 Å². The van der Waals surface area contributed by atoms with E-state index in [0.717, 1.165) is 6.42 Å². The van der Waals surface area contributed by atoms with Crippen molar-refractivity contribution in [1.29, 1.82) is 0 Å². The first-order valence-electron chi connectivity index (χ1n) is 5.51. The molecule has 0 bridgehead atoms. The third-order valence-electron chi connectivity index (χ3n) is 2.79. The number of primary amides is 1. The topological polar surface area (TPSA) is 69.1 Å². The highest BCUT2D eigenvalue weighted by atomic mass is 16.1. The zero-order valence-electron chi connectivity index (χ0n) is 9.94. The number of rotatable bonds is 5. The molecule has 16 heavy (non-hydrogen) atoms. The quantitative estimate of drug-likeness (QED) is 0.790. The van der Waals surface area contributed by atoms with Gasteiger partial charge in [-0.05, 0) is 17.4 Å². The van der Waals surface area contributed by atoms with Gasteiger partial charge in [0.25, 0.3) is 0 Å². The first-order valence-corrected chi connectivity index (χ1v) is 5.51. The van der Waals surface area contributed by atoms with Crippen molar-refractivity contribution in [3.63, 3.8) is 0 Å². The van der Waals surface area contributed by atoms with Gasteiger partial charge in [-0.3, -0.25) is 4.79 Å². The molecule has 0 aromatic heterocycles.